The molecule has 0 bridgehead atoms. The summed E-state index contributed by atoms with van der Waals surface area (Å²) in [4.78, 5) is 7.51. The van der Waals surface area contributed by atoms with Gasteiger partial charge in [-0.15, -0.1) is 11.3 Å². The van der Waals surface area contributed by atoms with E-state index in [4.69, 9.17) is 9.40 Å². The van der Waals surface area contributed by atoms with Gasteiger partial charge in [-0.1, -0.05) is 140 Å². The summed E-state index contributed by atoms with van der Waals surface area (Å²) in [6.45, 7) is 0. The number of nitrogens with zero attached hydrogens (tertiary/aromatic N) is 2. The van der Waals surface area contributed by atoms with Crippen molar-refractivity contribution in [3.8, 4) is 22.6 Å². The third-order valence-electron chi connectivity index (χ3n) is 10.5. The Kier molecular flexibility index (Phi) is 6.73. The molecule has 3 nitrogen and oxygen atoms in total. The monoisotopic (exact) mass is 694 g/mol. The van der Waals surface area contributed by atoms with Crippen molar-refractivity contribution in [3.63, 3.8) is 0 Å². The Bertz CT molecular complexity index is 3180. The van der Waals surface area contributed by atoms with Gasteiger partial charge < -0.3 is 9.32 Å². The molecule has 4 heteroatoms. The standard InChI is InChI=1S/C49H30N2OS/c1-3-14-33(15-4-1)49-50-46-44(52-49)30-27-32-26-28-37-38(45(32)46)20-12-24-43(37)51(34-16-5-2-6-17-34)42-23-10-9-19-36(42)39-21-11-22-40-41-29-25-31-13-7-8-18-35(31)47(41)53-48(39)40/h1-30H. The van der Waals surface area contributed by atoms with Gasteiger partial charge in [-0.25, -0.2) is 4.98 Å². The Morgan fingerprint density at radius 3 is 1.98 bits per heavy atom. The first-order chi connectivity index (χ1) is 26.3. The first-order valence-corrected chi connectivity index (χ1v) is 18.7. The SMILES string of the molecule is c1ccc(-c2nc3c(ccc4ccc5c(N(c6ccccc6)c6ccccc6-c6cccc7c6sc6c8ccccc8ccc76)cccc5c43)o2)cc1. The number of fused-ring (bicyclic) bond motifs is 10. The van der Waals surface area contributed by atoms with E-state index < -0.39 is 0 Å². The summed E-state index contributed by atoms with van der Waals surface area (Å²) in [6.07, 6.45) is 0. The fraction of sp³-hybridized carbons (Fsp3) is 0. The van der Waals surface area contributed by atoms with Crippen LogP contribution in [0.15, 0.2) is 186 Å². The van der Waals surface area contributed by atoms with Gasteiger partial charge >= 0.3 is 0 Å². The molecule has 0 aliphatic heterocycles. The number of rotatable bonds is 5. The zero-order valence-corrected chi connectivity index (χ0v) is 29.3. The summed E-state index contributed by atoms with van der Waals surface area (Å²) in [6, 6.07) is 65.0. The first kappa shape index (κ1) is 29.9. The lowest BCUT2D eigenvalue weighted by molar-refractivity contribution is 0.620. The molecule has 9 aromatic carbocycles. The molecule has 0 aliphatic rings. The number of thiophene rings is 1. The number of aromatic nitrogens is 1. The summed E-state index contributed by atoms with van der Waals surface area (Å²) in [5, 5.41) is 9.66. The Hall–Kier alpha value is -6.75. The van der Waals surface area contributed by atoms with Crippen molar-refractivity contribution in [1.82, 2.24) is 4.98 Å². The number of benzene rings is 9. The Morgan fingerprint density at radius 1 is 0.434 bits per heavy atom. The summed E-state index contributed by atoms with van der Waals surface area (Å²) >= 11 is 1.90. The number of hydrogen-bond donors (Lipinski definition) is 0. The van der Waals surface area contributed by atoms with Crippen LogP contribution >= 0.6 is 11.3 Å². The fourth-order valence-corrected chi connectivity index (χ4v) is 9.43. The molecule has 0 saturated heterocycles. The van der Waals surface area contributed by atoms with Gasteiger partial charge in [-0.05, 0) is 64.0 Å². The van der Waals surface area contributed by atoms with Crippen molar-refractivity contribution in [2.24, 2.45) is 0 Å². The highest BCUT2D eigenvalue weighted by Crippen LogP contribution is 2.48. The van der Waals surface area contributed by atoms with E-state index in [1.54, 1.807) is 0 Å². The van der Waals surface area contributed by atoms with Crippen LogP contribution in [0.3, 0.4) is 0 Å². The van der Waals surface area contributed by atoms with Crippen LogP contribution in [0.25, 0.3) is 86.2 Å². The van der Waals surface area contributed by atoms with E-state index in [1.165, 1.54) is 42.1 Å². The number of oxazole rings is 1. The van der Waals surface area contributed by atoms with Crippen LogP contribution in [-0.2, 0) is 0 Å². The third kappa shape index (κ3) is 4.70. The highest BCUT2D eigenvalue weighted by molar-refractivity contribution is 7.27. The Morgan fingerprint density at radius 2 is 1.08 bits per heavy atom. The summed E-state index contributed by atoms with van der Waals surface area (Å²) in [5.74, 6) is 0.629. The van der Waals surface area contributed by atoms with Gasteiger partial charge in [0.2, 0.25) is 5.89 Å². The van der Waals surface area contributed by atoms with E-state index in [0.717, 1.165) is 55.3 Å². The molecular weight excluding hydrogens is 665 g/mol. The van der Waals surface area contributed by atoms with Gasteiger partial charge in [0, 0.05) is 53.3 Å². The predicted molar refractivity (Wildman–Crippen MR) is 225 cm³/mol. The van der Waals surface area contributed by atoms with Crippen LogP contribution in [0.5, 0.6) is 0 Å². The van der Waals surface area contributed by atoms with Crippen LogP contribution in [0, 0.1) is 0 Å². The second-order valence-electron chi connectivity index (χ2n) is 13.5. The van der Waals surface area contributed by atoms with E-state index in [0.29, 0.717) is 5.89 Å². The lowest BCUT2D eigenvalue weighted by Gasteiger charge is -2.29. The van der Waals surface area contributed by atoms with Crippen LogP contribution in [0.4, 0.5) is 17.1 Å². The molecule has 248 valence electrons. The summed E-state index contributed by atoms with van der Waals surface area (Å²) in [7, 11) is 0. The van der Waals surface area contributed by atoms with Crippen molar-refractivity contribution in [2.75, 3.05) is 4.90 Å². The second-order valence-corrected chi connectivity index (χ2v) is 14.5. The minimum absolute atomic E-state index is 0.629. The minimum atomic E-state index is 0.629. The van der Waals surface area contributed by atoms with Crippen LogP contribution in [0.1, 0.15) is 0 Å². The van der Waals surface area contributed by atoms with Gasteiger partial charge in [-0.2, -0.15) is 0 Å². The van der Waals surface area contributed by atoms with Gasteiger partial charge in [0.1, 0.15) is 5.52 Å². The van der Waals surface area contributed by atoms with Gasteiger partial charge in [0.15, 0.2) is 5.58 Å². The lowest BCUT2D eigenvalue weighted by atomic mass is 9.97. The van der Waals surface area contributed by atoms with E-state index >= 15 is 0 Å². The molecule has 0 amide bonds. The highest BCUT2D eigenvalue weighted by atomic mass is 32.1. The molecule has 0 saturated carbocycles. The van der Waals surface area contributed by atoms with Crippen LogP contribution < -0.4 is 4.90 Å². The van der Waals surface area contributed by atoms with Crippen molar-refractivity contribution >= 4 is 92.0 Å². The summed E-state index contributed by atoms with van der Waals surface area (Å²) < 4.78 is 8.98. The fourth-order valence-electron chi connectivity index (χ4n) is 8.07. The van der Waals surface area contributed by atoms with E-state index in [9.17, 15) is 0 Å². The molecular formula is C49H30N2OS. The van der Waals surface area contributed by atoms with Crippen LogP contribution in [0.2, 0.25) is 0 Å². The summed E-state index contributed by atoms with van der Waals surface area (Å²) in [5.41, 5.74) is 8.34. The lowest BCUT2D eigenvalue weighted by Crippen LogP contribution is -2.11. The average molecular weight is 695 g/mol. The molecule has 2 aromatic heterocycles. The molecule has 0 spiro atoms. The smallest absolute Gasteiger partial charge is 0.227 e. The molecule has 11 rings (SSSR count). The molecule has 11 aromatic rings. The largest absolute Gasteiger partial charge is 0.436 e. The van der Waals surface area contributed by atoms with E-state index in [2.05, 4.69) is 150 Å². The zero-order chi connectivity index (χ0) is 34.9. The normalized spacial score (nSPS) is 11.8. The van der Waals surface area contributed by atoms with Crippen molar-refractivity contribution in [1.29, 1.82) is 0 Å². The number of anilines is 3. The van der Waals surface area contributed by atoms with Crippen molar-refractivity contribution in [3.05, 3.63) is 182 Å². The number of para-hydroxylation sites is 2. The first-order valence-electron chi connectivity index (χ1n) is 17.9. The molecule has 2 heterocycles. The topological polar surface area (TPSA) is 29.3 Å². The van der Waals surface area contributed by atoms with Gasteiger partial charge in [0.05, 0.1) is 11.4 Å². The van der Waals surface area contributed by atoms with E-state index in [-0.39, 0.29) is 0 Å². The Labute approximate surface area is 309 Å². The van der Waals surface area contributed by atoms with Crippen molar-refractivity contribution in [2.45, 2.75) is 0 Å². The number of hydrogen-bond acceptors (Lipinski definition) is 4. The average Bonchev–Trinajstić information content (AvgIpc) is 3.85. The molecule has 0 unspecified atom stereocenters. The second kappa shape index (κ2) is 11.9. The molecule has 0 atom stereocenters. The molecule has 0 N–H and O–H groups in total. The Balaban J connectivity index is 1.16. The third-order valence-corrected chi connectivity index (χ3v) is 11.8. The molecule has 0 aliphatic carbocycles. The predicted octanol–water partition coefficient (Wildman–Crippen LogP) is 14.5. The van der Waals surface area contributed by atoms with Crippen LogP contribution in [-0.4, -0.2) is 4.98 Å². The van der Waals surface area contributed by atoms with Gasteiger partial charge in [-0.3, -0.25) is 0 Å². The molecule has 0 fully saturated rings. The molecule has 0 radical (unpaired) electrons. The molecule has 53 heavy (non-hydrogen) atoms. The van der Waals surface area contributed by atoms with Gasteiger partial charge in [0.25, 0.3) is 0 Å². The maximum absolute atomic E-state index is 6.35. The minimum Gasteiger partial charge on any atom is -0.436 e. The van der Waals surface area contributed by atoms with E-state index in [1.807, 2.05) is 47.7 Å². The quantitative estimate of drug-likeness (QED) is 0.168. The maximum atomic E-state index is 6.35. The highest BCUT2D eigenvalue weighted by Gasteiger charge is 2.22. The van der Waals surface area contributed by atoms with Crippen molar-refractivity contribution < 1.29 is 4.42 Å². The maximum Gasteiger partial charge on any atom is 0.227 e. The zero-order valence-electron chi connectivity index (χ0n) is 28.5.